The predicted octanol–water partition coefficient (Wildman–Crippen LogP) is 3.71. The van der Waals surface area contributed by atoms with Crippen molar-refractivity contribution in [1.29, 1.82) is 5.41 Å². The van der Waals surface area contributed by atoms with E-state index in [0.29, 0.717) is 49.2 Å². The van der Waals surface area contributed by atoms with Gasteiger partial charge in [-0.2, -0.15) is 4.72 Å². The number of rotatable bonds is 14. The maximum atomic E-state index is 14.1. The zero-order chi connectivity index (χ0) is 31.0. The average molecular weight is 628 g/mol. The summed E-state index contributed by atoms with van der Waals surface area (Å²) in [6.45, 7) is 0.873. The number of sulfonamides is 1. The van der Waals surface area contributed by atoms with Crippen molar-refractivity contribution in [2.24, 2.45) is 5.73 Å². The molecule has 2 aromatic carbocycles. The fourth-order valence-electron chi connectivity index (χ4n) is 5.66. The molecular formula is C30H41N7O4S2. The first-order valence-corrected chi connectivity index (χ1v) is 17.0. The molecule has 1 amide bonds. The first kappa shape index (κ1) is 32.4. The zero-order valence-corrected chi connectivity index (χ0v) is 26.3. The molecule has 2 heterocycles. The van der Waals surface area contributed by atoms with E-state index in [1.807, 2.05) is 37.2 Å². The van der Waals surface area contributed by atoms with Crippen LogP contribution < -0.4 is 20.7 Å². The van der Waals surface area contributed by atoms with Crippen molar-refractivity contribution < 1.29 is 18.0 Å². The summed E-state index contributed by atoms with van der Waals surface area (Å²) >= 11 is 1.32. The van der Waals surface area contributed by atoms with E-state index in [2.05, 4.69) is 15.0 Å². The van der Waals surface area contributed by atoms with Crippen LogP contribution in [0.25, 0.3) is 10.8 Å². The third-order valence-electron chi connectivity index (χ3n) is 7.73. The number of benzene rings is 2. The van der Waals surface area contributed by atoms with Crippen molar-refractivity contribution >= 4 is 55.5 Å². The minimum Gasteiger partial charge on any atom is -0.377 e. The molecule has 0 radical (unpaired) electrons. The Bertz CT molecular complexity index is 1530. The number of aromatic nitrogens is 1. The summed E-state index contributed by atoms with van der Waals surface area (Å²) in [7, 11) is -0.281. The number of hydrogen-bond donors (Lipinski definition) is 4. The van der Waals surface area contributed by atoms with Gasteiger partial charge in [-0.1, -0.05) is 24.3 Å². The van der Waals surface area contributed by atoms with Crippen molar-refractivity contribution in [3.05, 3.63) is 53.0 Å². The molecule has 1 aliphatic rings. The Kier molecular flexibility index (Phi) is 11.1. The molecule has 232 valence electrons. The van der Waals surface area contributed by atoms with Gasteiger partial charge in [0.05, 0.1) is 4.90 Å². The number of carbonyl (C=O) groups is 2. The van der Waals surface area contributed by atoms with Gasteiger partial charge in [0, 0.05) is 67.7 Å². The second-order valence-electron chi connectivity index (χ2n) is 11.0. The number of hydrogen-bond acceptors (Lipinski definition) is 8. The number of nitrogens with two attached hydrogens (primary N) is 1. The second kappa shape index (κ2) is 14.8. The Morgan fingerprint density at radius 3 is 2.65 bits per heavy atom. The lowest BCUT2D eigenvalue weighted by Crippen LogP contribution is -2.53. The van der Waals surface area contributed by atoms with Crippen molar-refractivity contribution in [2.75, 3.05) is 32.1 Å². The summed E-state index contributed by atoms with van der Waals surface area (Å²) in [4.78, 5) is 34.5. The fraction of sp³-hybridized carbons (Fsp3) is 0.467. The summed E-state index contributed by atoms with van der Waals surface area (Å²) in [6, 6.07) is 9.62. The van der Waals surface area contributed by atoms with Crippen LogP contribution in [0.4, 0.5) is 5.69 Å². The minimum atomic E-state index is -4.09. The van der Waals surface area contributed by atoms with Gasteiger partial charge in [-0.3, -0.25) is 15.0 Å². The Labute approximate surface area is 257 Å². The van der Waals surface area contributed by atoms with Crippen LogP contribution in [0.15, 0.2) is 52.9 Å². The third-order valence-corrected chi connectivity index (χ3v) is 10.1. The van der Waals surface area contributed by atoms with E-state index in [4.69, 9.17) is 11.1 Å². The molecule has 1 aromatic heterocycles. The average Bonchev–Trinajstić information content (AvgIpc) is 3.53. The maximum Gasteiger partial charge on any atom is 0.241 e. The number of Topliss-reactive ketones (excluding diaryl/α,β-unsaturated/α-hetero) is 1. The molecule has 0 bridgehead atoms. The number of anilines is 1. The van der Waals surface area contributed by atoms with Crippen molar-refractivity contribution in [1.82, 2.24) is 19.9 Å². The highest BCUT2D eigenvalue weighted by molar-refractivity contribution is 7.89. The maximum absolute atomic E-state index is 14.1. The number of likely N-dealkylation sites (tertiary alicyclic amines) is 1. The molecule has 2 atom stereocenters. The molecule has 1 saturated heterocycles. The van der Waals surface area contributed by atoms with Gasteiger partial charge >= 0.3 is 0 Å². The molecule has 13 heteroatoms. The Morgan fingerprint density at radius 1 is 1.16 bits per heavy atom. The fourth-order valence-corrected chi connectivity index (χ4v) is 7.71. The molecule has 1 aliphatic heterocycles. The molecule has 4 rings (SSSR count). The zero-order valence-electron chi connectivity index (χ0n) is 24.7. The molecule has 43 heavy (non-hydrogen) atoms. The lowest BCUT2D eigenvalue weighted by atomic mass is 9.95. The largest absolute Gasteiger partial charge is 0.377 e. The van der Waals surface area contributed by atoms with Gasteiger partial charge in [0.1, 0.15) is 6.04 Å². The monoisotopic (exact) mass is 627 g/mol. The number of thiazole rings is 1. The molecule has 0 saturated carbocycles. The van der Waals surface area contributed by atoms with Crippen LogP contribution in [0.5, 0.6) is 0 Å². The van der Waals surface area contributed by atoms with Gasteiger partial charge in [-0.25, -0.2) is 13.4 Å². The number of piperidine rings is 1. The SMILES string of the molecule is CN(C)c1cccc2c(S(=O)(=O)NC(CCCNC(=N)N)C(=O)N3CCCCC3CCCC(=O)c3nccs3)cccc12. The second-order valence-corrected chi connectivity index (χ2v) is 13.6. The number of nitrogens with zero attached hydrogens (tertiary/aromatic N) is 3. The number of guanidine groups is 1. The van der Waals surface area contributed by atoms with E-state index in [1.54, 1.807) is 34.7 Å². The van der Waals surface area contributed by atoms with Gasteiger partial charge in [-0.15, -0.1) is 11.3 Å². The van der Waals surface area contributed by atoms with Gasteiger partial charge in [0.15, 0.2) is 16.8 Å². The van der Waals surface area contributed by atoms with E-state index in [0.717, 1.165) is 30.3 Å². The summed E-state index contributed by atoms with van der Waals surface area (Å²) < 4.78 is 30.5. The Hall–Kier alpha value is -3.55. The molecule has 5 N–H and O–H groups in total. The Balaban J connectivity index is 1.54. The lowest BCUT2D eigenvalue weighted by Gasteiger charge is -2.38. The van der Waals surface area contributed by atoms with Crippen molar-refractivity contribution in [3.8, 4) is 0 Å². The van der Waals surface area contributed by atoms with E-state index in [9.17, 15) is 18.0 Å². The summed E-state index contributed by atoms with van der Waals surface area (Å²) in [5.41, 5.74) is 6.31. The molecule has 3 aromatic rings. The van der Waals surface area contributed by atoms with Crippen LogP contribution in [0.3, 0.4) is 0 Å². The molecule has 2 unspecified atom stereocenters. The number of nitrogens with one attached hydrogen (secondary N) is 3. The molecule has 11 nitrogen and oxygen atoms in total. The van der Waals surface area contributed by atoms with Gasteiger partial charge in [-0.05, 0) is 57.1 Å². The van der Waals surface area contributed by atoms with Crippen LogP contribution in [-0.2, 0) is 14.8 Å². The molecule has 1 fully saturated rings. The highest BCUT2D eigenvalue weighted by Gasteiger charge is 2.34. The van der Waals surface area contributed by atoms with E-state index in [1.165, 1.54) is 11.3 Å². The first-order valence-electron chi connectivity index (χ1n) is 14.6. The number of ketones is 1. The molecule has 0 aliphatic carbocycles. The summed E-state index contributed by atoms with van der Waals surface area (Å²) in [5.74, 6) is -0.448. The lowest BCUT2D eigenvalue weighted by molar-refractivity contribution is -0.137. The highest BCUT2D eigenvalue weighted by Crippen LogP contribution is 2.31. The van der Waals surface area contributed by atoms with Gasteiger partial charge in [0.25, 0.3) is 0 Å². The third kappa shape index (κ3) is 8.30. The van der Waals surface area contributed by atoms with Crippen LogP contribution in [0.2, 0.25) is 0 Å². The number of amides is 1. The van der Waals surface area contributed by atoms with Crippen molar-refractivity contribution in [3.63, 3.8) is 0 Å². The highest BCUT2D eigenvalue weighted by atomic mass is 32.2. The topological polar surface area (TPSA) is 162 Å². The predicted molar refractivity (Wildman–Crippen MR) is 171 cm³/mol. The van der Waals surface area contributed by atoms with Crippen LogP contribution >= 0.6 is 11.3 Å². The van der Waals surface area contributed by atoms with Crippen LogP contribution in [0.1, 0.15) is 61.2 Å². The molecular weight excluding hydrogens is 587 g/mol. The smallest absolute Gasteiger partial charge is 0.241 e. The van der Waals surface area contributed by atoms with Gasteiger partial charge < -0.3 is 20.9 Å². The summed E-state index contributed by atoms with van der Waals surface area (Å²) in [6.07, 6.45) is 6.53. The minimum absolute atomic E-state index is 0.000180. The van der Waals surface area contributed by atoms with E-state index in [-0.39, 0.29) is 35.0 Å². The number of carbonyl (C=O) groups excluding carboxylic acids is 2. The van der Waals surface area contributed by atoms with E-state index < -0.39 is 16.1 Å². The molecule has 0 spiro atoms. The van der Waals surface area contributed by atoms with Crippen molar-refractivity contribution in [2.45, 2.75) is 68.3 Å². The van der Waals surface area contributed by atoms with Crippen LogP contribution in [0, 0.1) is 5.41 Å². The standard InChI is InChI=1S/C30H41N7O4S2/c1-36(2)25-14-6-12-23-22(25)11-7-16-27(23)43(40,41)35-24(13-8-17-34-30(31)32)29(39)37-19-4-3-9-21(37)10-5-15-26(38)28-33-18-20-42-28/h6-7,11-12,14,16,18,20-21,24,35H,3-5,8-10,13,15,17,19H2,1-2H3,(H4,31,32,34). The quantitative estimate of drug-likeness (QED) is 0.0910. The normalized spacial score (nSPS) is 16.1. The summed E-state index contributed by atoms with van der Waals surface area (Å²) in [5, 5.41) is 13.8. The van der Waals surface area contributed by atoms with Gasteiger partial charge in [0.2, 0.25) is 15.9 Å². The van der Waals surface area contributed by atoms with Crippen LogP contribution in [-0.4, -0.2) is 75.2 Å². The van der Waals surface area contributed by atoms with E-state index >= 15 is 0 Å². The first-order chi connectivity index (χ1) is 20.6. The number of fused-ring (bicyclic) bond motifs is 1. The Morgan fingerprint density at radius 2 is 1.93 bits per heavy atom.